The highest BCUT2D eigenvalue weighted by molar-refractivity contribution is 6.27. The van der Waals surface area contributed by atoms with Gasteiger partial charge in [-0.05, 0) is 88.3 Å². The molecule has 0 bridgehead atoms. The Morgan fingerprint density at radius 2 is 1.02 bits per heavy atom. The van der Waals surface area contributed by atoms with Crippen LogP contribution in [0.4, 0.5) is 0 Å². The normalized spacial score (nSPS) is 12.1. The van der Waals surface area contributed by atoms with E-state index in [0.717, 1.165) is 50.1 Å². The summed E-state index contributed by atoms with van der Waals surface area (Å²) in [6.45, 7) is 0. The van der Waals surface area contributed by atoms with E-state index < -0.39 is 0 Å². The van der Waals surface area contributed by atoms with Gasteiger partial charge in [0.2, 0.25) is 0 Å². The van der Waals surface area contributed by atoms with E-state index in [-0.39, 0.29) is 0 Å². The summed E-state index contributed by atoms with van der Waals surface area (Å²) in [4.78, 5) is 10.2. The standard InChI is InChI=1S/C53H32N6/c1-3-14-33(15-4-1)50-43-23-10-12-25-46(43)59-53(54-50)55-52(56-59)36-18-13-21-40(30-36)58-45-24-11-9-22-41(45)42-26-27-47-49(51(42)58)44-31-37-28-34-16-7-8-17-35(34)29-38(37)32-48(44)57(47)39-19-5-2-6-20-39/h1-32H. The van der Waals surface area contributed by atoms with E-state index in [0.29, 0.717) is 11.6 Å². The monoisotopic (exact) mass is 752 g/mol. The molecule has 0 fully saturated rings. The summed E-state index contributed by atoms with van der Waals surface area (Å²) >= 11 is 0. The fourth-order valence-electron chi connectivity index (χ4n) is 9.40. The molecule has 0 aliphatic carbocycles. The van der Waals surface area contributed by atoms with Crippen molar-refractivity contribution in [3.05, 3.63) is 194 Å². The molecule has 0 aliphatic rings. The number of fused-ring (bicyclic) bond motifs is 12. The lowest BCUT2D eigenvalue weighted by molar-refractivity contribution is 0.988. The maximum Gasteiger partial charge on any atom is 0.253 e. The molecule has 0 spiro atoms. The lowest BCUT2D eigenvalue weighted by Gasteiger charge is -2.11. The highest BCUT2D eigenvalue weighted by atomic mass is 15.3. The summed E-state index contributed by atoms with van der Waals surface area (Å²) in [7, 11) is 0. The fraction of sp³-hybridized carbons (Fsp3) is 0. The summed E-state index contributed by atoms with van der Waals surface area (Å²) in [6.07, 6.45) is 0. The Hall–Kier alpha value is -8.09. The van der Waals surface area contributed by atoms with Crippen LogP contribution in [0.1, 0.15) is 0 Å². The number of benzene rings is 9. The Balaban J connectivity index is 1.09. The van der Waals surface area contributed by atoms with Gasteiger partial charge in [0.15, 0.2) is 5.82 Å². The van der Waals surface area contributed by atoms with Gasteiger partial charge in [0.1, 0.15) is 0 Å². The van der Waals surface area contributed by atoms with E-state index >= 15 is 0 Å². The first-order chi connectivity index (χ1) is 29.2. The number of nitrogens with zero attached hydrogens (tertiary/aromatic N) is 6. The first-order valence-electron chi connectivity index (χ1n) is 20.0. The summed E-state index contributed by atoms with van der Waals surface area (Å²) in [5.74, 6) is 1.19. The number of para-hydroxylation sites is 3. The highest BCUT2D eigenvalue weighted by Gasteiger charge is 2.22. The van der Waals surface area contributed by atoms with Gasteiger partial charge in [-0.25, -0.2) is 4.98 Å². The van der Waals surface area contributed by atoms with E-state index in [4.69, 9.17) is 15.1 Å². The van der Waals surface area contributed by atoms with Crippen molar-refractivity contribution in [1.82, 2.24) is 28.7 Å². The summed E-state index contributed by atoms with van der Waals surface area (Å²) in [5.41, 5.74) is 10.6. The zero-order valence-corrected chi connectivity index (χ0v) is 31.7. The third kappa shape index (κ3) is 4.71. The van der Waals surface area contributed by atoms with Crippen LogP contribution in [-0.4, -0.2) is 28.7 Å². The molecule has 0 aliphatic heterocycles. The molecule has 6 heteroatoms. The molecule has 6 nitrogen and oxygen atoms in total. The molecule has 4 heterocycles. The molecule has 9 aromatic carbocycles. The van der Waals surface area contributed by atoms with Gasteiger partial charge in [-0.15, -0.1) is 5.10 Å². The Morgan fingerprint density at radius 3 is 1.83 bits per heavy atom. The summed E-state index contributed by atoms with van der Waals surface area (Å²) in [5, 5.41) is 15.9. The van der Waals surface area contributed by atoms with Crippen LogP contribution in [0.15, 0.2) is 194 Å². The lowest BCUT2D eigenvalue weighted by Crippen LogP contribution is -1.97. The quantitative estimate of drug-likeness (QED) is 0.168. The lowest BCUT2D eigenvalue weighted by atomic mass is 10.0. The van der Waals surface area contributed by atoms with Crippen molar-refractivity contribution < 1.29 is 0 Å². The fourth-order valence-corrected chi connectivity index (χ4v) is 9.40. The van der Waals surface area contributed by atoms with E-state index in [2.05, 4.69) is 173 Å². The summed E-state index contributed by atoms with van der Waals surface area (Å²) in [6, 6.07) is 69.4. The predicted octanol–water partition coefficient (Wildman–Crippen LogP) is 13.1. The van der Waals surface area contributed by atoms with E-state index in [1.807, 2.05) is 34.8 Å². The van der Waals surface area contributed by atoms with Crippen molar-refractivity contribution in [2.75, 3.05) is 0 Å². The van der Waals surface area contributed by atoms with Crippen LogP contribution in [-0.2, 0) is 0 Å². The SMILES string of the molecule is c1ccc(-c2nc3nc(-c4cccc(-n5c6ccccc6c6ccc7c(c8cc9cc%10ccccc%10cc9cc8n7-c7ccccc7)c65)c4)nn3c3ccccc23)cc1. The van der Waals surface area contributed by atoms with Crippen LogP contribution in [0, 0.1) is 0 Å². The molecule has 0 amide bonds. The number of aromatic nitrogens is 6. The van der Waals surface area contributed by atoms with Gasteiger partial charge in [-0.2, -0.15) is 9.50 Å². The molecule has 0 radical (unpaired) electrons. The molecular formula is C53H32N6. The molecule has 0 atom stereocenters. The van der Waals surface area contributed by atoms with Gasteiger partial charge in [-0.1, -0.05) is 127 Å². The molecule has 13 aromatic rings. The predicted molar refractivity (Wildman–Crippen MR) is 243 cm³/mol. The maximum atomic E-state index is 5.10. The Labute approximate surface area is 337 Å². The van der Waals surface area contributed by atoms with Crippen LogP contribution in [0.2, 0.25) is 0 Å². The maximum absolute atomic E-state index is 5.10. The molecule has 13 rings (SSSR count). The van der Waals surface area contributed by atoms with Gasteiger partial charge < -0.3 is 9.13 Å². The Bertz CT molecular complexity index is 3840. The van der Waals surface area contributed by atoms with E-state index in [1.54, 1.807) is 0 Å². The Morgan fingerprint density at radius 1 is 0.356 bits per heavy atom. The number of rotatable bonds is 4. The van der Waals surface area contributed by atoms with Crippen molar-refractivity contribution in [3.8, 4) is 34.0 Å². The van der Waals surface area contributed by atoms with Crippen LogP contribution >= 0.6 is 0 Å². The minimum atomic E-state index is 0.565. The van der Waals surface area contributed by atoms with Crippen LogP contribution in [0.3, 0.4) is 0 Å². The smallest absolute Gasteiger partial charge is 0.253 e. The van der Waals surface area contributed by atoms with Gasteiger partial charge in [0.25, 0.3) is 5.78 Å². The van der Waals surface area contributed by atoms with Gasteiger partial charge in [0.05, 0.1) is 33.3 Å². The molecule has 4 aromatic heterocycles. The second kappa shape index (κ2) is 12.2. The van der Waals surface area contributed by atoms with Crippen LogP contribution in [0.25, 0.3) is 116 Å². The van der Waals surface area contributed by atoms with Crippen molar-refractivity contribution in [1.29, 1.82) is 0 Å². The molecule has 0 saturated heterocycles. The summed E-state index contributed by atoms with van der Waals surface area (Å²) < 4.78 is 6.74. The second-order valence-corrected chi connectivity index (χ2v) is 15.3. The number of hydrogen-bond acceptors (Lipinski definition) is 3. The molecular weight excluding hydrogens is 721 g/mol. The second-order valence-electron chi connectivity index (χ2n) is 15.3. The molecule has 0 saturated carbocycles. The van der Waals surface area contributed by atoms with Gasteiger partial charge in [-0.3, -0.25) is 0 Å². The van der Waals surface area contributed by atoms with Crippen LogP contribution < -0.4 is 0 Å². The van der Waals surface area contributed by atoms with Crippen molar-refractivity contribution in [2.24, 2.45) is 0 Å². The average Bonchev–Trinajstić information content (AvgIpc) is 3.98. The third-order valence-corrected chi connectivity index (χ3v) is 12.0. The minimum absolute atomic E-state index is 0.565. The van der Waals surface area contributed by atoms with Gasteiger partial charge >= 0.3 is 0 Å². The zero-order chi connectivity index (χ0) is 38.6. The topological polar surface area (TPSA) is 52.9 Å². The van der Waals surface area contributed by atoms with Crippen LogP contribution in [0.5, 0.6) is 0 Å². The first kappa shape index (κ1) is 32.0. The highest BCUT2D eigenvalue weighted by Crippen LogP contribution is 2.43. The molecule has 274 valence electrons. The zero-order valence-electron chi connectivity index (χ0n) is 31.7. The minimum Gasteiger partial charge on any atom is -0.309 e. The Kier molecular flexibility index (Phi) is 6.63. The van der Waals surface area contributed by atoms with Crippen molar-refractivity contribution in [2.45, 2.75) is 0 Å². The molecule has 0 N–H and O–H groups in total. The van der Waals surface area contributed by atoms with E-state index in [1.165, 1.54) is 54.1 Å². The largest absolute Gasteiger partial charge is 0.309 e. The van der Waals surface area contributed by atoms with E-state index in [9.17, 15) is 0 Å². The first-order valence-corrected chi connectivity index (χ1v) is 20.0. The van der Waals surface area contributed by atoms with Gasteiger partial charge in [0, 0.05) is 49.4 Å². The average molecular weight is 753 g/mol. The number of hydrogen-bond donors (Lipinski definition) is 0. The van der Waals surface area contributed by atoms with Crippen molar-refractivity contribution in [3.63, 3.8) is 0 Å². The third-order valence-electron chi connectivity index (χ3n) is 12.0. The molecule has 59 heavy (non-hydrogen) atoms. The van der Waals surface area contributed by atoms with Crippen molar-refractivity contribution >= 4 is 81.8 Å². The molecule has 0 unspecified atom stereocenters.